The van der Waals surface area contributed by atoms with E-state index in [1.54, 1.807) is 4.90 Å². The third-order valence-corrected chi connectivity index (χ3v) is 4.43. The van der Waals surface area contributed by atoms with E-state index in [9.17, 15) is 9.59 Å². The third kappa shape index (κ3) is 3.95. The second-order valence-electron chi connectivity index (χ2n) is 6.07. The van der Waals surface area contributed by atoms with Gasteiger partial charge in [-0.2, -0.15) is 0 Å². The summed E-state index contributed by atoms with van der Waals surface area (Å²) in [6.07, 6.45) is 6.12. The van der Waals surface area contributed by atoms with Gasteiger partial charge in [0.25, 0.3) is 0 Å². The first kappa shape index (κ1) is 15.3. The van der Waals surface area contributed by atoms with Crippen LogP contribution in [0.1, 0.15) is 45.4 Å². The van der Waals surface area contributed by atoms with Gasteiger partial charge in [-0.25, -0.2) is 0 Å². The number of ether oxygens (including phenoxy) is 1. The molecule has 0 aliphatic carbocycles. The molecule has 0 spiro atoms. The Kier molecular flexibility index (Phi) is 5.40. The maximum absolute atomic E-state index is 12.4. The van der Waals surface area contributed by atoms with E-state index in [1.165, 1.54) is 20.0 Å². The topological polar surface area (TPSA) is 58.6 Å². The van der Waals surface area contributed by atoms with Crippen LogP contribution in [0.2, 0.25) is 0 Å². The van der Waals surface area contributed by atoms with E-state index in [4.69, 9.17) is 0 Å². The van der Waals surface area contributed by atoms with Gasteiger partial charge in [-0.3, -0.25) is 9.59 Å². The number of amides is 1. The molecule has 2 aliphatic rings. The number of rotatable bonds is 6. The molecule has 5 nitrogen and oxygen atoms in total. The second-order valence-corrected chi connectivity index (χ2v) is 6.07. The average molecular weight is 282 g/mol. The van der Waals surface area contributed by atoms with Crippen molar-refractivity contribution in [3.05, 3.63) is 0 Å². The summed E-state index contributed by atoms with van der Waals surface area (Å²) in [6, 6.07) is 1.21. The van der Waals surface area contributed by atoms with Crippen LogP contribution in [-0.2, 0) is 14.3 Å². The Labute approximate surface area is 121 Å². The zero-order valence-electron chi connectivity index (χ0n) is 12.6. The quantitative estimate of drug-likeness (QED) is 0.746. The van der Waals surface area contributed by atoms with Crippen LogP contribution in [0.15, 0.2) is 0 Å². The molecule has 0 radical (unpaired) electrons. The van der Waals surface area contributed by atoms with Gasteiger partial charge in [-0.1, -0.05) is 6.92 Å². The minimum atomic E-state index is -0.336. The summed E-state index contributed by atoms with van der Waals surface area (Å²) in [6.45, 7) is 2.73. The predicted molar refractivity (Wildman–Crippen MR) is 76.2 cm³/mol. The SMILES string of the molecule is CCCN(CC(=O)OC)C(=O)CC1CC2CCC(C1)N2. The number of carbonyl (C=O) groups excluding carboxylic acids is 2. The molecule has 0 aromatic heterocycles. The number of nitrogens with one attached hydrogen (secondary N) is 1. The number of piperidine rings is 1. The Hall–Kier alpha value is -1.10. The maximum Gasteiger partial charge on any atom is 0.325 e. The van der Waals surface area contributed by atoms with Crippen molar-refractivity contribution < 1.29 is 14.3 Å². The Morgan fingerprint density at radius 3 is 2.45 bits per heavy atom. The highest BCUT2D eigenvalue weighted by atomic mass is 16.5. The van der Waals surface area contributed by atoms with Crippen LogP contribution in [0.4, 0.5) is 0 Å². The van der Waals surface area contributed by atoms with Crippen LogP contribution in [0.5, 0.6) is 0 Å². The van der Waals surface area contributed by atoms with Gasteiger partial charge in [0.15, 0.2) is 0 Å². The molecule has 20 heavy (non-hydrogen) atoms. The zero-order valence-corrected chi connectivity index (χ0v) is 12.6. The van der Waals surface area contributed by atoms with E-state index in [0.29, 0.717) is 31.0 Å². The number of esters is 1. The normalized spacial score (nSPS) is 28.2. The van der Waals surface area contributed by atoms with Gasteiger partial charge in [0.1, 0.15) is 6.54 Å². The molecule has 0 aromatic rings. The molecule has 2 saturated heterocycles. The number of hydrogen-bond donors (Lipinski definition) is 1. The maximum atomic E-state index is 12.4. The fourth-order valence-corrected chi connectivity index (χ4v) is 3.50. The highest BCUT2D eigenvalue weighted by Gasteiger charge is 2.34. The Morgan fingerprint density at radius 2 is 1.90 bits per heavy atom. The molecule has 2 fully saturated rings. The van der Waals surface area contributed by atoms with Crippen LogP contribution >= 0.6 is 0 Å². The largest absolute Gasteiger partial charge is 0.468 e. The molecule has 2 atom stereocenters. The number of carbonyl (C=O) groups is 2. The molecule has 0 saturated carbocycles. The average Bonchev–Trinajstić information content (AvgIpc) is 2.77. The predicted octanol–water partition coefficient (Wildman–Crippen LogP) is 1.32. The van der Waals surface area contributed by atoms with Crippen molar-refractivity contribution in [2.75, 3.05) is 20.2 Å². The van der Waals surface area contributed by atoms with Crippen molar-refractivity contribution in [3.63, 3.8) is 0 Å². The van der Waals surface area contributed by atoms with E-state index >= 15 is 0 Å². The van der Waals surface area contributed by atoms with Crippen molar-refractivity contribution >= 4 is 11.9 Å². The molecule has 2 heterocycles. The minimum absolute atomic E-state index is 0.0843. The van der Waals surface area contributed by atoms with Crippen LogP contribution in [0.25, 0.3) is 0 Å². The molecule has 5 heteroatoms. The highest BCUT2D eigenvalue weighted by molar-refractivity contribution is 5.82. The Morgan fingerprint density at radius 1 is 1.25 bits per heavy atom. The first-order valence-electron chi connectivity index (χ1n) is 7.73. The van der Waals surface area contributed by atoms with Crippen LogP contribution < -0.4 is 5.32 Å². The van der Waals surface area contributed by atoms with Crippen molar-refractivity contribution in [2.24, 2.45) is 5.92 Å². The van der Waals surface area contributed by atoms with Crippen molar-refractivity contribution in [1.82, 2.24) is 10.2 Å². The molecular formula is C15H26N2O3. The summed E-state index contributed by atoms with van der Waals surface area (Å²) in [5.41, 5.74) is 0. The summed E-state index contributed by atoms with van der Waals surface area (Å²) in [7, 11) is 1.36. The Balaban J connectivity index is 1.85. The van der Waals surface area contributed by atoms with Crippen LogP contribution in [0, 0.1) is 5.92 Å². The summed E-state index contributed by atoms with van der Waals surface area (Å²) in [4.78, 5) is 25.4. The van der Waals surface area contributed by atoms with Crippen LogP contribution in [-0.4, -0.2) is 49.1 Å². The van der Waals surface area contributed by atoms with Gasteiger partial charge in [-0.05, 0) is 38.0 Å². The summed E-state index contributed by atoms with van der Waals surface area (Å²) >= 11 is 0. The van der Waals surface area contributed by atoms with Gasteiger partial charge in [0.2, 0.25) is 5.91 Å². The van der Waals surface area contributed by atoms with E-state index in [2.05, 4.69) is 10.1 Å². The van der Waals surface area contributed by atoms with Gasteiger partial charge in [0.05, 0.1) is 7.11 Å². The fraction of sp³-hybridized carbons (Fsp3) is 0.867. The molecule has 2 bridgehead atoms. The van der Waals surface area contributed by atoms with Gasteiger partial charge in [-0.15, -0.1) is 0 Å². The zero-order chi connectivity index (χ0) is 14.5. The molecule has 114 valence electrons. The lowest BCUT2D eigenvalue weighted by molar-refractivity contribution is -0.147. The Bertz CT molecular complexity index is 347. The van der Waals surface area contributed by atoms with E-state index in [0.717, 1.165) is 19.3 Å². The highest BCUT2D eigenvalue weighted by Crippen LogP contribution is 2.32. The monoisotopic (exact) mass is 282 g/mol. The molecule has 2 unspecified atom stereocenters. The smallest absolute Gasteiger partial charge is 0.325 e. The van der Waals surface area contributed by atoms with Crippen molar-refractivity contribution in [1.29, 1.82) is 0 Å². The number of methoxy groups -OCH3 is 1. The summed E-state index contributed by atoms with van der Waals surface area (Å²) in [5, 5.41) is 3.59. The van der Waals surface area contributed by atoms with Gasteiger partial charge >= 0.3 is 5.97 Å². The molecule has 2 aliphatic heterocycles. The fourth-order valence-electron chi connectivity index (χ4n) is 3.50. The molecular weight excluding hydrogens is 256 g/mol. The lowest BCUT2D eigenvalue weighted by Crippen LogP contribution is -2.42. The first-order valence-corrected chi connectivity index (χ1v) is 7.73. The summed E-state index contributed by atoms with van der Waals surface area (Å²) in [5.74, 6) is 0.235. The number of hydrogen-bond acceptors (Lipinski definition) is 4. The molecule has 1 amide bonds. The first-order chi connectivity index (χ1) is 9.62. The minimum Gasteiger partial charge on any atom is -0.468 e. The van der Waals surface area contributed by atoms with E-state index < -0.39 is 0 Å². The van der Waals surface area contributed by atoms with Gasteiger partial charge in [0, 0.05) is 25.0 Å². The van der Waals surface area contributed by atoms with Crippen LogP contribution in [0.3, 0.4) is 0 Å². The van der Waals surface area contributed by atoms with E-state index in [-0.39, 0.29) is 18.4 Å². The third-order valence-electron chi connectivity index (χ3n) is 4.43. The molecule has 2 rings (SSSR count). The van der Waals surface area contributed by atoms with E-state index in [1.807, 2.05) is 6.92 Å². The van der Waals surface area contributed by atoms with Crippen molar-refractivity contribution in [2.45, 2.75) is 57.5 Å². The number of fused-ring (bicyclic) bond motifs is 2. The lowest BCUT2D eigenvalue weighted by Gasteiger charge is -2.30. The second kappa shape index (κ2) is 7.07. The molecule has 0 aromatic carbocycles. The van der Waals surface area contributed by atoms with Crippen molar-refractivity contribution in [3.8, 4) is 0 Å². The summed E-state index contributed by atoms with van der Waals surface area (Å²) < 4.78 is 4.67. The number of nitrogens with zero attached hydrogens (tertiary/aromatic N) is 1. The lowest BCUT2D eigenvalue weighted by atomic mass is 9.89. The standard InChI is InChI=1S/C15H26N2O3/c1-3-6-17(10-15(19)20-2)14(18)9-11-7-12-4-5-13(8-11)16-12/h11-13,16H,3-10H2,1-2H3. The molecule has 1 N–H and O–H groups in total. The van der Waals surface area contributed by atoms with Gasteiger partial charge < -0.3 is 15.0 Å².